The van der Waals surface area contributed by atoms with Crippen LogP contribution < -0.4 is 5.32 Å². The Morgan fingerprint density at radius 3 is 2.35 bits per heavy atom. The lowest BCUT2D eigenvalue weighted by atomic mass is 9.92. The van der Waals surface area contributed by atoms with Gasteiger partial charge in [0.15, 0.2) is 0 Å². The molecule has 1 heterocycles. The van der Waals surface area contributed by atoms with E-state index in [0.717, 1.165) is 11.3 Å². The van der Waals surface area contributed by atoms with Gasteiger partial charge in [-0.3, -0.25) is 0 Å². The molecule has 0 amide bonds. The van der Waals surface area contributed by atoms with Gasteiger partial charge >= 0.3 is 0 Å². The molecule has 0 aromatic rings. The molecule has 0 spiro atoms. The first-order valence-corrected chi connectivity index (χ1v) is 8.40. The molecule has 100 valence electrons. The lowest BCUT2D eigenvalue weighted by Crippen LogP contribution is -2.47. The van der Waals surface area contributed by atoms with Crippen LogP contribution in [0.4, 0.5) is 0 Å². The van der Waals surface area contributed by atoms with Crippen molar-refractivity contribution in [2.45, 2.75) is 81.9 Å². The van der Waals surface area contributed by atoms with Crippen LogP contribution in [0.1, 0.15) is 52.4 Å². The third kappa shape index (κ3) is 4.15. The van der Waals surface area contributed by atoms with Crippen LogP contribution in [0.2, 0.25) is 0 Å². The number of nitrogens with one attached hydrogen (secondary N) is 1. The first-order valence-electron chi connectivity index (χ1n) is 7.11. The van der Waals surface area contributed by atoms with E-state index in [9.17, 15) is 0 Å². The van der Waals surface area contributed by atoms with Crippen LogP contribution in [-0.4, -0.2) is 35.8 Å². The number of rotatable bonds is 3. The fourth-order valence-electron chi connectivity index (χ4n) is 3.39. The zero-order valence-corrected chi connectivity index (χ0v) is 12.3. The van der Waals surface area contributed by atoms with E-state index in [2.05, 4.69) is 25.4 Å². The minimum Gasteiger partial charge on any atom is -0.375 e. The number of thioether (sulfide) groups is 1. The first-order chi connectivity index (χ1) is 8.17. The molecule has 2 aliphatic rings. The van der Waals surface area contributed by atoms with Crippen LogP contribution in [0, 0.1) is 0 Å². The monoisotopic (exact) mass is 257 g/mol. The van der Waals surface area contributed by atoms with Gasteiger partial charge in [0.05, 0.1) is 12.2 Å². The number of hydrogen-bond acceptors (Lipinski definition) is 3. The zero-order chi connectivity index (χ0) is 12.3. The van der Waals surface area contributed by atoms with Crippen molar-refractivity contribution in [2.24, 2.45) is 0 Å². The van der Waals surface area contributed by atoms with Gasteiger partial charge in [-0.05, 0) is 52.2 Å². The van der Waals surface area contributed by atoms with E-state index >= 15 is 0 Å². The fourth-order valence-corrected chi connectivity index (χ4v) is 4.21. The molecule has 3 heteroatoms. The summed E-state index contributed by atoms with van der Waals surface area (Å²) in [5.41, 5.74) is 0. The van der Waals surface area contributed by atoms with E-state index in [4.69, 9.17) is 4.74 Å². The van der Waals surface area contributed by atoms with Gasteiger partial charge < -0.3 is 10.1 Å². The Hall–Kier alpha value is 0.270. The van der Waals surface area contributed by atoms with Gasteiger partial charge in [0.1, 0.15) is 0 Å². The zero-order valence-electron chi connectivity index (χ0n) is 11.4. The van der Waals surface area contributed by atoms with E-state index in [-0.39, 0.29) is 0 Å². The van der Waals surface area contributed by atoms with E-state index < -0.39 is 0 Å². The summed E-state index contributed by atoms with van der Waals surface area (Å²) in [7, 11) is 0. The minimum absolute atomic E-state index is 0.427. The van der Waals surface area contributed by atoms with E-state index in [1.54, 1.807) is 0 Å². The van der Waals surface area contributed by atoms with Crippen LogP contribution in [-0.2, 0) is 4.74 Å². The summed E-state index contributed by atoms with van der Waals surface area (Å²) < 4.78 is 5.80. The van der Waals surface area contributed by atoms with Gasteiger partial charge in [0.25, 0.3) is 0 Å². The highest BCUT2D eigenvalue weighted by Crippen LogP contribution is 2.28. The Kier molecular flexibility index (Phi) is 5.19. The van der Waals surface area contributed by atoms with Gasteiger partial charge in [-0.2, -0.15) is 11.8 Å². The molecule has 17 heavy (non-hydrogen) atoms. The smallest absolute Gasteiger partial charge is 0.0565 e. The molecule has 1 aliphatic carbocycles. The van der Waals surface area contributed by atoms with Gasteiger partial charge in [0.2, 0.25) is 0 Å². The summed E-state index contributed by atoms with van der Waals surface area (Å²) in [4.78, 5) is 0. The largest absolute Gasteiger partial charge is 0.375 e. The first kappa shape index (κ1) is 13.7. The van der Waals surface area contributed by atoms with Gasteiger partial charge in [-0.15, -0.1) is 0 Å². The SMILES string of the molecule is CSC1CCCC(NC2CC(C)OC(C)C2)C1. The predicted molar refractivity (Wildman–Crippen MR) is 75.7 cm³/mol. The van der Waals surface area contributed by atoms with Crippen molar-refractivity contribution < 1.29 is 4.74 Å². The Bertz CT molecular complexity index is 226. The van der Waals surface area contributed by atoms with E-state index in [1.807, 2.05) is 11.8 Å². The van der Waals surface area contributed by atoms with Crippen LogP contribution in [0.5, 0.6) is 0 Å². The second-order valence-electron chi connectivity index (χ2n) is 5.81. The molecule has 0 aromatic heterocycles. The maximum atomic E-state index is 5.80. The van der Waals surface area contributed by atoms with E-state index in [1.165, 1.54) is 38.5 Å². The molecule has 1 aliphatic heterocycles. The molecule has 1 N–H and O–H groups in total. The molecule has 4 unspecified atom stereocenters. The Labute approximate surface area is 110 Å². The van der Waals surface area contributed by atoms with Crippen molar-refractivity contribution in [1.82, 2.24) is 5.32 Å². The van der Waals surface area contributed by atoms with Gasteiger partial charge in [-0.1, -0.05) is 6.42 Å². The summed E-state index contributed by atoms with van der Waals surface area (Å²) in [5.74, 6) is 0. The molecule has 2 nitrogen and oxygen atoms in total. The third-order valence-corrected chi connectivity index (χ3v) is 5.22. The van der Waals surface area contributed by atoms with Crippen molar-refractivity contribution >= 4 is 11.8 Å². The highest BCUT2D eigenvalue weighted by molar-refractivity contribution is 7.99. The maximum Gasteiger partial charge on any atom is 0.0565 e. The number of ether oxygens (including phenoxy) is 1. The molecule has 1 saturated carbocycles. The normalized spacial score (nSPS) is 43.6. The molecular formula is C14H27NOS. The quantitative estimate of drug-likeness (QED) is 0.839. The van der Waals surface area contributed by atoms with Gasteiger partial charge in [0, 0.05) is 17.3 Å². The van der Waals surface area contributed by atoms with Crippen molar-refractivity contribution in [3.63, 3.8) is 0 Å². The lowest BCUT2D eigenvalue weighted by Gasteiger charge is -2.37. The van der Waals surface area contributed by atoms with Crippen molar-refractivity contribution in [1.29, 1.82) is 0 Å². The molecule has 1 saturated heterocycles. The second kappa shape index (κ2) is 6.44. The molecule has 4 atom stereocenters. The van der Waals surface area contributed by atoms with Crippen molar-refractivity contribution in [3.05, 3.63) is 0 Å². The second-order valence-corrected chi connectivity index (χ2v) is 6.95. The van der Waals surface area contributed by atoms with Crippen LogP contribution >= 0.6 is 11.8 Å². The molecule has 0 bridgehead atoms. The summed E-state index contributed by atoms with van der Waals surface area (Å²) >= 11 is 2.05. The standard InChI is InChI=1S/C14H27NOS/c1-10-7-13(8-11(2)16-10)15-12-5-4-6-14(9-12)17-3/h10-15H,4-9H2,1-3H3. The van der Waals surface area contributed by atoms with Crippen molar-refractivity contribution in [3.8, 4) is 0 Å². The maximum absolute atomic E-state index is 5.80. The van der Waals surface area contributed by atoms with Gasteiger partial charge in [-0.25, -0.2) is 0 Å². The number of hydrogen-bond donors (Lipinski definition) is 1. The molecule has 0 radical (unpaired) electrons. The molecule has 2 fully saturated rings. The highest BCUT2D eigenvalue weighted by atomic mass is 32.2. The predicted octanol–water partition coefficient (Wildman–Crippen LogP) is 3.21. The minimum atomic E-state index is 0.427. The molecule has 2 rings (SSSR count). The van der Waals surface area contributed by atoms with Crippen LogP contribution in [0.15, 0.2) is 0 Å². The van der Waals surface area contributed by atoms with Crippen molar-refractivity contribution in [2.75, 3.05) is 6.26 Å². The summed E-state index contributed by atoms with van der Waals surface area (Å²) in [6.07, 6.45) is 11.0. The Balaban J connectivity index is 1.79. The average Bonchev–Trinajstić information content (AvgIpc) is 2.28. The molecule has 0 aromatic carbocycles. The summed E-state index contributed by atoms with van der Waals surface area (Å²) in [5, 5.41) is 4.77. The van der Waals surface area contributed by atoms with Crippen LogP contribution in [0.3, 0.4) is 0 Å². The summed E-state index contributed by atoms with van der Waals surface area (Å²) in [6, 6.07) is 1.43. The topological polar surface area (TPSA) is 21.3 Å². The Morgan fingerprint density at radius 1 is 1.00 bits per heavy atom. The molecular weight excluding hydrogens is 230 g/mol. The fraction of sp³-hybridized carbons (Fsp3) is 1.00. The lowest BCUT2D eigenvalue weighted by molar-refractivity contribution is -0.0440. The Morgan fingerprint density at radius 2 is 1.71 bits per heavy atom. The van der Waals surface area contributed by atoms with E-state index in [0.29, 0.717) is 18.2 Å². The highest BCUT2D eigenvalue weighted by Gasteiger charge is 2.28. The van der Waals surface area contributed by atoms with Crippen LogP contribution in [0.25, 0.3) is 0 Å². The average molecular weight is 257 g/mol. The summed E-state index contributed by atoms with van der Waals surface area (Å²) in [6.45, 7) is 4.41. The third-order valence-electron chi connectivity index (χ3n) is 4.13.